The molecule has 0 spiro atoms. The van der Waals surface area contributed by atoms with Crippen molar-refractivity contribution in [3.05, 3.63) is 41.6 Å². The van der Waals surface area contributed by atoms with E-state index in [1.807, 2.05) is 26.0 Å². The predicted molar refractivity (Wildman–Crippen MR) is 84.7 cm³/mol. The summed E-state index contributed by atoms with van der Waals surface area (Å²) in [4.78, 5) is 8.85. The average Bonchev–Trinajstić information content (AvgIpc) is 2.38. The highest BCUT2D eigenvalue weighted by Gasteiger charge is 2.07. The molecule has 0 amide bonds. The Labute approximate surface area is 120 Å². The lowest BCUT2D eigenvalue weighted by Crippen LogP contribution is -2.06. The van der Waals surface area contributed by atoms with Gasteiger partial charge in [-0.25, -0.2) is 4.98 Å². The van der Waals surface area contributed by atoms with Crippen LogP contribution in [0.3, 0.4) is 0 Å². The number of benzene rings is 1. The van der Waals surface area contributed by atoms with E-state index in [0.717, 1.165) is 23.7 Å². The molecule has 1 aromatic carbocycles. The number of nitrogens with zero attached hydrogens (tertiary/aromatic N) is 2. The highest BCUT2D eigenvalue weighted by atomic mass is 15.1. The summed E-state index contributed by atoms with van der Waals surface area (Å²) >= 11 is 0. The Kier molecular flexibility index (Phi) is 4.56. The van der Waals surface area contributed by atoms with Gasteiger partial charge in [-0.15, -0.1) is 0 Å². The van der Waals surface area contributed by atoms with E-state index in [2.05, 4.69) is 52.6 Å². The first-order valence-electron chi connectivity index (χ1n) is 7.05. The number of hydrogen-bond donors (Lipinski definition) is 2. The highest BCUT2D eigenvalue weighted by molar-refractivity contribution is 5.62. The third-order valence-corrected chi connectivity index (χ3v) is 3.03. The maximum atomic E-state index is 4.49. The van der Waals surface area contributed by atoms with Crippen molar-refractivity contribution in [3.63, 3.8) is 0 Å². The highest BCUT2D eigenvalue weighted by Crippen LogP contribution is 2.26. The molecular formula is C16H22N4. The molecule has 0 saturated heterocycles. The molecule has 1 aromatic heterocycles. The van der Waals surface area contributed by atoms with Gasteiger partial charge in [0.25, 0.3) is 0 Å². The molecule has 20 heavy (non-hydrogen) atoms. The Morgan fingerprint density at radius 2 is 1.90 bits per heavy atom. The number of hydrogen-bond acceptors (Lipinski definition) is 4. The van der Waals surface area contributed by atoms with E-state index in [1.165, 1.54) is 5.56 Å². The summed E-state index contributed by atoms with van der Waals surface area (Å²) in [6.45, 7) is 9.20. The first-order chi connectivity index (χ1) is 9.60. The molecule has 0 bridgehead atoms. The second kappa shape index (κ2) is 6.37. The molecule has 2 N–H and O–H groups in total. The maximum Gasteiger partial charge on any atom is 0.224 e. The van der Waals surface area contributed by atoms with Crippen molar-refractivity contribution in [3.8, 4) is 0 Å². The first-order valence-corrected chi connectivity index (χ1v) is 7.05. The van der Waals surface area contributed by atoms with Crippen LogP contribution in [0.5, 0.6) is 0 Å². The van der Waals surface area contributed by atoms with E-state index in [4.69, 9.17) is 0 Å². The number of para-hydroxylation sites is 1. The second-order valence-electron chi connectivity index (χ2n) is 5.12. The van der Waals surface area contributed by atoms with Crippen LogP contribution >= 0.6 is 0 Å². The zero-order valence-electron chi connectivity index (χ0n) is 12.6. The van der Waals surface area contributed by atoms with Crippen LogP contribution in [0.1, 0.15) is 37.9 Å². The minimum atomic E-state index is 0.467. The Morgan fingerprint density at radius 3 is 2.60 bits per heavy atom. The second-order valence-corrected chi connectivity index (χ2v) is 5.12. The molecule has 1 heterocycles. The van der Waals surface area contributed by atoms with Crippen LogP contribution in [0.4, 0.5) is 17.5 Å². The van der Waals surface area contributed by atoms with Gasteiger partial charge in [0.2, 0.25) is 5.95 Å². The summed E-state index contributed by atoms with van der Waals surface area (Å²) in [5, 5.41) is 6.55. The van der Waals surface area contributed by atoms with Gasteiger partial charge >= 0.3 is 0 Å². The molecular weight excluding hydrogens is 248 g/mol. The van der Waals surface area contributed by atoms with Crippen LogP contribution in [0.15, 0.2) is 30.3 Å². The molecule has 0 aliphatic carbocycles. The Hall–Kier alpha value is -2.10. The predicted octanol–water partition coefficient (Wildman–Crippen LogP) is 4.08. The van der Waals surface area contributed by atoms with Crippen molar-refractivity contribution >= 4 is 17.5 Å². The first kappa shape index (κ1) is 14.3. The van der Waals surface area contributed by atoms with E-state index in [9.17, 15) is 0 Å². The molecule has 0 saturated carbocycles. The zero-order chi connectivity index (χ0) is 14.5. The van der Waals surface area contributed by atoms with Crippen molar-refractivity contribution < 1.29 is 0 Å². The van der Waals surface area contributed by atoms with Gasteiger partial charge in [-0.2, -0.15) is 4.98 Å². The molecule has 0 radical (unpaired) electrons. The fourth-order valence-electron chi connectivity index (χ4n) is 2.12. The van der Waals surface area contributed by atoms with Crippen LogP contribution in [-0.4, -0.2) is 16.5 Å². The molecule has 0 unspecified atom stereocenters. The number of aryl methyl sites for hydroxylation is 1. The van der Waals surface area contributed by atoms with Gasteiger partial charge in [-0.1, -0.05) is 32.0 Å². The Balaban J connectivity index is 2.30. The lowest BCUT2D eigenvalue weighted by atomic mass is 10.0. The van der Waals surface area contributed by atoms with Gasteiger partial charge in [0.15, 0.2) is 0 Å². The molecule has 0 aliphatic rings. The largest absolute Gasteiger partial charge is 0.354 e. The van der Waals surface area contributed by atoms with E-state index < -0.39 is 0 Å². The van der Waals surface area contributed by atoms with Gasteiger partial charge in [0, 0.05) is 24.0 Å². The summed E-state index contributed by atoms with van der Waals surface area (Å²) in [6, 6.07) is 10.3. The van der Waals surface area contributed by atoms with Gasteiger partial charge < -0.3 is 10.6 Å². The third-order valence-electron chi connectivity index (χ3n) is 3.03. The van der Waals surface area contributed by atoms with Crippen LogP contribution in [0.25, 0.3) is 0 Å². The number of aromatic nitrogens is 2. The zero-order valence-corrected chi connectivity index (χ0v) is 12.6. The standard InChI is InChI=1S/C16H22N4/c1-5-17-16-18-12(4)10-15(20-16)19-14-9-7-6-8-13(14)11(2)3/h6-11H,5H2,1-4H3,(H2,17,18,19,20). The molecule has 2 rings (SSSR count). The quantitative estimate of drug-likeness (QED) is 0.859. The normalized spacial score (nSPS) is 10.7. The molecule has 4 heteroatoms. The summed E-state index contributed by atoms with van der Waals surface area (Å²) in [5.41, 5.74) is 3.33. The summed E-state index contributed by atoms with van der Waals surface area (Å²) in [7, 11) is 0. The molecule has 0 atom stereocenters. The van der Waals surface area contributed by atoms with Crippen molar-refractivity contribution in [2.75, 3.05) is 17.2 Å². The van der Waals surface area contributed by atoms with Gasteiger partial charge in [0.1, 0.15) is 5.82 Å². The topological polar surface area (TPSA) is 49.8 Å². The summed E-state index contributed by atoms with van der Waals surface area (Å²) < 4.78 is 0. The van der Waals surface area contributed by atoms with Crippen LogP contribution in [0, 0.1) is 6.92 Å². The lowest BCUT2D eigenvalue weighted by Gasteiger charge is -2.15. The van der Waals surface area contributed by atoms with E-state index >= 15 is 0 Å². The number of nitrogens with one attached hydrogen (secondary N) is 2. The fourth-order valence-corrected chi connectivity index (χ4v) is 2.12. The summed E-state index contributed by atoms with van der Waals surface area (Å²) in [5.74, 6) is 1.95. The summed E-state index contributed by atoms with van der Waals surface area (Å²) in [6.07, 6.45) is 0. The number of anilines is 3. The van der Waals surface area contributed by atoms with E-state index in [1.54, 1.807) is 0 Å². The average molecular weight is 270 g/mol. The van der Waals surface area contributed by atoms with Crippen LogP contribution in [-0.2, 0) is 0 Å². The van der Waals surface area contributed by atoms with Gasteiger partial charge in [-0.3, -0.25) is 0 Å². The fraction of sp³-hybridized carbons (Fsp3) is 0.375. The molecule has 106 valence electrons. The van der Waals surface area contributed by atoms with Crippen molar-refractivity contribution in [2.45, 2.75) is 33.6 Å². The monoisotopic (exact) mass is 270 g/mol. The van der Waals surface area contributed by atoms with Crippen molar-refractivity contribution in [1.82, 2.24) is 9.97 Å². The van der Waals surface area contributed by atoms with Crippen molar-refractivity contribution in [2.24, 2.45) is 0 Å². The molecule has 0 aliphatic heterocycles. The molecule has 0 fully saturated rings. The van der Waals surface area contributed by atoms with Crippen molar-refractivity contribution in [1.29, 1.82) is 0 Å². The van der Waals surface area contributed by atoms with Crippen LogP contribution < -0.4 is 10.6 Å². The molecule has 4 nitrogen and oxygen atoms in total. The Morgan fingerprint density at radius 1 is 1.15 bits per heavy atom. The van der Waals surface area contributed by atoms with E-state index in [-0.39, 0.29) is 0 Å². The van der Waals surface area contributed by atoms with E-state index in [0.29, 0.717) is 11.9 Å². The van der Waals surface area contributed by atoms with Gasteiger partial charge in [0.05, 0.1) is 0 Å². The third kappa shape index (κ3) is 3.47. The minimum absolute atomic E-state index is 0.467. The lowest BCUT2D eigenvalue weighted by molar-refractivity contribution is 0.869. The molecule has 2 aromatic rings. The number of rotatable bonds is 5. The maximum absolute atomic E-state index is 4.49. The van der Waals surface area contributed by atoms with Crippen LogP contribution in [0.2, 0.25) is 0 Å². The van der Waals surface area contributed by atoms with Gasteiger partial charge in [-0.05, 0) is 31.4 Å². The minimum Gasteiger partial charge on any atom is -0.354 e. The SMILES string of the molecule is CCNc1nc(C)cc(Nc2ccccc2C(C)C)n1. The smallest absolute Gasteiger partial charge is 0.224 e. The Bertz CT molecular complexity index is 578.